The van der Waals surface area contributed by atoms with Gasteiger partial charge in [0.05, 0.1) is 5.56 Å². The van der Waals surface area contributed by atoms with Crippen molar-refractivity contribution in [3.8, 4) is 5.75 Å². The van der Waals surface area contributed by atoms with Crippen LogP contribution in [-0.2, 0) is 14.8 Å². The maximum absolute atomic E-state index is 13.9. The molecule has 0 bridgehead atoms. The molecule has 0 aliphatic carbocycles. The summed E-state index contributed by atoms with van der Waals surface area (Å²) in [6.07, 6.45) is 1.32. The number of halogens is 1. The van der Waals surface area contributed by atoms with E-state index in [2.05, 4.69) is 11.3 Å². The number of carbonyl (C=O) groups excluding carboxylic acids is 1. The van der Waals surface area contributed by atoms with Crippen LogP contribution >= 0.6 is 0 Å². The summed E-state index contributed by atoms with van der Waals surface area (Å²) in [5, 5.41) is 0. The van der Waals surface area contributed by atoms with Gasteiger partial charge in [-0.05, 0) is 37.3 Å². The number of sulfonamides is 1. The zero-order valence-electron chi connectivity index (χ0n) is 14.8. The average molecular weight is 393 g/mol. The number of ether oxygens (including phenoxy) is 2. The third-order valence-corrected chi connectivity index (χ3v) is 4.92. The van der Waals surface area contributed by atoms with Gasteiger partial charge in [-0.15, -0.1) is 6.58 Å². The normalized spacial score (nSPS) is 11.0. The molecule has 0 amide bonds. The van der Waals surface area contributed by atoms with E-state index in [4.69, 9.17) is 9.47 Å². The van der Waals surface area contributed by atoms with E-state index in [-0.39, 0.29) is 25.3 Å². The molecule has 0 heterocycles. The molecule has 6 nitrogen and oxygen atoms in total. The molecule has 0 aliphatic rings. The van der Waals surface area contributed by atoms with Gasteiger partial charge in [-0.25, -0.2) is 22.3 Å². The van der Waals surface area contributed by atoms with Crippen LogP contribution < -0.4 is 9.46 Å². The molecule has 0 radical (unpaired) electrons. The Morgan fingerprint density at radius 3 is 2.56 bits per heavy atom. The number of aryl methyl sites for hydroxylation is 1. The van der Waals surface area contributed by atoms with Gasteiger partial charge >= 0.3 is 5.97 Å². The molecule has 2 rings (SSSR count). The molecule has 2 aromatic carbocycles. The maximum atomic E-state index is 13.9. The van der Waals surface area contributed by atoms with Gasteiger partial charge in [-0.1, -0.05) is 23.8 Å². The first-order valence-corrected chi connectivity index (χ1v) is 9.58. The predicted molar refractivity (Wildman–Crippen MR) is 98.7 cm³/mol. The second-order valence-electron chi connectivity index (χ2n) is 5.58. The van der Waals surface area contributed by atoms with Gasteiger partial charge in [0, 0.05) is 6.54 Å². The van der Waals surface area contributed by atoms with E-state index in [0.717, 1.165) is 23.8 Å². The number of carbonyl (C=O) groups is 1. The molecule has 2 aromatic rings. The van der Waals surface area contributed by atoms with Gasteiger partial charge in [0.15, 0.2) is 0 Å². The summed E-state index contributed by atoms with van der Waals surface area (Å²) in [6, 6.07) is 10.4. The highest BCUT2D eigenvalue weighted by Gasteiger charge is 2.21. The minimum Gasteiger partial charge on any atom is -0.490 e. The highest BCUT2D eigenvalue weighted by Crippen LogP contribution is 2.17. The van der Waals surface area contributed by atoms with Crippen LogP contribution in [0.3, 0.4) is 0 Å². The summed E-state index contributed by atoms with van der Waals surface area (Å²) in [7, 11) is -4.10. The van der Waals surface area contributed by atoms with Crippen molar-refractivity contribution in [3.63, 3.8) is 0 Å². The molecule has 27 heavy (non-hydrogen) atoms. The third kappa shape index (κ3) is 5.90. The molecule has 0 saturated heterocycles. The monoisotopic (exact) mass is 393 g/mol. The lowest BCUT2D eigenvalue weighted by molar-refractivity contribution is 0.0450. The Kier molecular flexibility index (Phi) is 7.09. The van der Waals surface area contributed by atoms with Gasteiger partial charge < -0.3 is 9.47 Å². The van der Waals surface area contributed by atoms with Crippen LogP contribution in [0.15, 0.2) is 60.0 Å². The molecule has 0 atom stereocenters. The molecule has 0 unspecified atom stereocenters. The SMILES string of the molecule is C=CCNS(=O)(=O)c1cc(C(=O)OCCOc2ccc(C)cc2)ccc1F. The number of hydrogen-bond donors (Lipinski definition) is 1. The van der Waals surface area contributed by atoms with E-state index in [1.807, 2.05) is 19.1 Å². The molecule has 0 aliphatic heterocycles. The summed E-state index contributed by atoms with van der Waals surface area (Å²) >= 11 is 0. The Morgan fingerprint density at radius 1 is 1.19 bits per heavy atom. The summed E-state index contributed by atoms with van der Waals surface area (Å²) in [5.74, 6) is -1.10. The molecular weight excluding hydrogens is 373 g/mol. The van der Waals surface area contributed by atoms with Gasteiger partial charge in [0.1, 0.15) is 29.7 Å². The van der Waals surface area contributed by atoms with Gasteiger partial charge in [-0.2, -0.15) is 0 Å². The van der Waals surface area contributed by atoms with Crippen molar-refractivity contribution in [1.82, 2.24) is 4.72 Å². The van der Waals surface area contributed by atoms with Crippen molar-refractivity contribution in [2.24, 2.45) is 0 Å². The van der Waals surface area contributed by atoms with Crippen molar-refractivity contribution in [1.29, 1.82) is 0 Å². The molecule has 0 saturated carbocycles. The number of hydrogen-bond acceptors (Lipinski definition) is 5. The fourth-order valence-electron chi connectivity index (χ4n) is 2.09. The van der Waals surface area contributed by atoms with Crippen molar-refractivity contribution in [3.05, 3.63) is 72.1 Å². The van der Waals surface area contributed by atoms with Crippen LogP contribution in [0, 0.1) is 12.7 Å². The molecule has 0 spiro atoms. The van der Waals surface area contributed by atoms with Crippen molar-refractivity contribution in [2.45, 2.75) is 11.8 Å². The average Bonchev–Trinajstić information content (AvgIpc) is 2.65. The number of rotatable bonds is 9. The summed E-state index contributed by atoms with van der Waals surface area (Å²) in [4.78, 5) is 11.4. The van der Waals surface area contributed by atoms with Crippen LogP contribution in [0.5, 0.6) is 5.75 Å². The number of esters is 1. The number of nitrogens with one attached hydrogen (secondary N) is 1. The lowest BCUT2D eigenvalue weighted by atomic mass is 10.2. The topological polar surface area (TPSA) is 81.7 Å². The number of benzene rings is 2. The van der Waals surface area contributed by atoms with Crippen molar-refractivity contribution >= 4 is 16.0 Å². The standard InChI is InChI=1S/C19H20FNO5S/c1-3-10-21-27(23,24)18-13-15(6-9-17(18)20)19(22)26-12-11-25-16-7-4-14(2)5-8-16/h3-9,13,21H,1,10-12H2,2H3. The quantitative estimate of drug-likeness (QED) is 0.402. The highest BCUT2D eigenvalue weighted by atomic mass is 32.2. The predicted octanol–water partition coefficient (Wildman–Crippen LogP) is 2.83. The van der Waals surface area contributed by atoms with Gasteiger partial charge in [-0.3, -0.25) is 0 Å². The van der Waals surface area contributed by atoms with Crippen LogP contribution in [0.4, 0.5) is 4.39 Å². The minimum absolute atomic E-state index is 0.0408. The van der Waals surface area contributed by atoms with Gasteiger partial charge in [0.2, 0.25) is 10.0 Å². The molecule has 8 heteroatoms. The van der Waals surface area contributed by atoms with Crippen LogP contribution in [0.25, 0.3) is 0 Å². The zero-order valence-corrected chi connectivity index (χ0v) is 15.6. The minimum atomic E-state index is -4.10. The summed E-state index contributed by atoms with van der Waals surface area (Å²) in [5.41, 5.74) is 1.02. The first kappa shape index (κ1) is 20.6. The fraction of sp³-hybridized carbons (Fsp3) is 0.211. The zero-order chi connectivity index (χ0) is 19.9. The largest absolute Gasteiger partial charge is 0.490 e. The van der Waals surface area contributed by atoms with Gasteiger partial charge in [0.25, 0.3) is 0 Å². The third-order valence-electron chi connectivity index (χ3n) is 3.48. The van der Waals surface area contributed by atoms with E-state index in [1.165, 1.54) is 6.08 Å². The van der Waals surface area contributed by atoms with E-state index in [9.17, 15) is 17.6 Å². The summed E-state index contributed by atoms with van der Waals surface area (Å²) < 4.78 is 50.6. The molecule has 1 N–H and O–H groups in total. The lowest BCUT2D eigenvalue weighted by Crippen LogP contribution is -2.25. The molecule has 0 aromatic heterocycles. The van der Waals surface area contributed by atoms with E-state index in [0.29, 0.717) is 5.75 Å². The van der Waals surface area contributed by atoms with Crippen molar-refractivity contribution < 1.29 is 27.1 Å². The fourth-order valence-corrected chi connectivity index (χ4v) is 3.19. The first-order valence-electron chi connectivity index (χ1n) is 8.10. The van der Waals surface area contributed by atoms with E-state index < -0.39 is 26.7 Å². The van der Waals surface area contributed by atoms with Crippen molar-refractivity contribution in [2.75, 3.05) is 19.8 Å². The Bertz CT molecular complexity index is 910. The van der Waals surface area contributed by atoms with Crippen LogP contribution in [-0.4, -0.2) is 34.1 Å². The van der Waals surface area contributed by atoms with E-state index in [1.54, 1.807) is 12.1 Å². The first-order chi connectivity index (χ1) is 12.8. The Balaban J connectivity index is 1.97. The second kappa shape index (κ2) is 9.29. The lowest BCUT2D eigenvalue weighted by Gasteiger charge is -2.10. The molecule has 144 valence electrons. The maximum Gasteiger partial charge on any atom is 0.338 e. The second-order valence-corrected chi connectivity index (χ2v) is 7.32. The van der Waals surface area contributed by atoms with E-state index >= 15 is 0 Å². The molecule has 0 fully saturated rings. The molecular formula is C19H20FNO5S. The summed E-state index contributed by atoms with van der Waals surface area (Å²) in [6.45, 7) is 5.36. The Morgan fingerprint density at radius 2 is 1.89 bits per heavy atom. The highest BCUT2D eigenvalue weighted by molar-refractivity contribution is 7.89. The Hall–Kier alpha value is -2.71. The van der Waals surface area contributed by atoms with Crippen LogP contribution in [0.1, 0.15) is 15.9 Å². The smallest absolute Gasteiger partial charge is 0.338 e. The van der Waals surface area contributed by atoms with Crippen LogP contribution in [0.2, 0.25) is 0 Å². The Labute approximate surface area is 157 Å².